The van der Waals surface area contributed by atoms with Gasteiger partial charge in [0.2, 0.25) is 0 Å². The molecule has 0 saturated heterocycles. The molecule has 0 amide bonds. The van der Waals surface area contributed by atoms with Crippen LogP contribution in [0.15, 0.2) is 146 Å². The molecule has 3 N–H and O–H groups in total. The van der Waals surface area contributed by atoms with Crippen LogP contribution in [0.5, 0.6) is 0 Å². The number of ether oxygens (including phenoxy) is 4. The summed E-state index contributed by atoms with van der Waals surface area (Å²) in [6.45, 7) is 4.44. The molecule has 5 unspecified atom stereocenters. The van der Waals surface area contributed by atoms with E-state index in [2.05, 4.69) is 161 Å². The average Bonchev–Trinajstić information content (AvgIpc) is 0.937. The van der Waals surface area contributed by atoms with E-state index < -0.39 is 97.5 Å². The summed E-state index contributed by atoms with van der Waals surface area (Å²) in [5.74, 6) is -2.28. The molecule has 0 aliphatic heterocycles. The maximum absolute atomic E-state index is 13.1. The van der Waals surface area contributed by atoms with E-state index in [1.165, 1.54) is 38.5 Å². The third-order valence-electron chi connectivity index (χ3n) is 16.3. The van der Waals surface area contributed by atoms with Crippen molar-refractivity contribution in [1.29, 1.82) is 0 Å². The maximum Gasteiger partial charge on any atom is 0.472 e. The Morgan fingerprint density at radius 3 is 0.817 bits per heavy atom. The van der Waals surface area contributed by atoms with Gasteiger partial charge in [-0.15, -0.1) is 0 Å². The van der Waals surface area contributed by atoms with Gasteiger partial charge < -0.3 is 33.8 Å². The van der Waals surface area contributed by atoms with Gasteiger partial charge in [-0.05, 0) is 154 Å². The quantitative estimate of drug-likeness (QED) is 0.0169. The number of aliphatic hydroxyl groups excluding tert-OH is 1. The number of rotatable bonds is 74. The van der Waals surface area contributed by atoms with Gasteiger partial charge in [0.05, 0.1) is 26.4 Å². The normalized spacial score (nSPS) is 14.6. The number of unbranched alkanes of at least 4 members (excludes halogenated alkanes) is 24. The Balaban J connectivity index is 5.44. The summed E-state index contributed by atoms with van der Waals surface area (Å²) in [5.41, 5.74) is 0. The molecule has 104 heavy (non-hydrogen) atoms. The fourth-order valence-corrected chi connectivity index (χ4v) is 11.9. The van der Waals surface area contributed by atoms with E-state index in [0.29, 0.717) is 32.1 Å². The smallest absolute Gasteiger partial charge is 0.462 e. The highest BCUT2D eigenvalue weighted by Crippen LogP contribution is 2.45. The number of phosphoric acid groups is 2. The Bertz CT molecular complexity index is 2540. The number of aliphatic hydroxyl groups is 1. The monoisotopic (exact) mass is 1500 g/mol. The second-order valence-electron chi connectivity index (χ2n) is 26.2. The lowest BCUT2D eigenvalue weighted by Gasteiger charge is -2.21. The minimum Gasteiger partial charge on any atom is -0.462 e. The molecular weight excluding hydrogens is 1350 g/mol. The first-order valence-corrected chi connectivity index (χ1v) is 43.1. The molecule has 0 aliphatic rings. The average molecular weight is 1500 g/mol. The lowest BCUT2D eigenvalue weighted by atomic mass is 10.1. The highest BCUT2D eigenvalue weighted by atomic mass is 31.2. The third kappa shape index (κ3) is 75.2. The van der Waals surface area contributed by atoms with E-state index in [1.807, 2.05) is 12.2 Å². The highest BCUT2D eigenvalue weighted by molar-refractivity contribution is 7.47. The second-order valence-corrected chi connectivity index (χ2v) is 29.1. The summed E-state index contributed by atoms with van der Waals surface area (Å²) >= 11 is 0. The van der Waals surface area contributed by atoms with Crippen LogP contribution in [0.4, 0.5) is 0 Å². The van der Waals surface area contributed by atoms with Gasteiger partial charge in [-0.1, -0.05) is 276 Å². The molecule has 17 nitrogen and oxygen atoms in total. The van der Waals surface area contributed by atoms with Crippen molar-refractivity contribution in [3.8, 4) is 0 Å². The van der Waals surface area contributed by atoms with Gasteiger partial charge in [0.1, 0.15) is 19.3 Å². The number of esters is 4. The van der Waals surface area contributed by atoms with Gasteiger partial charge in [-0.25, -0.2) is 9.13 Å². The van der Waals surface area contributed by atoms with Crippen molar-refractivity contribution < 1.29 is 80.2 Å². The Kier molecular flexibility index (Phi) is 72.4. The third-order valence-corrected chi connectivity index (χ3v) is 18.2. The molecule has 5 atom stereocenters. The number of hydrogen-bond acceptors (Lipinski definition) is 15. The molecule has 0 radical (unpaired) electrons. The van der Waals surface area contributed by atoms with Crippen LogP contribution in [0.1, 0.15) is 310 Å². The molecule has 0 heterocycles. The molecule has 0 aromatic rings. The number of hydrogen-bond donors (Lipinski definition) is 3. The summed E-state index contributed by atoms with van der Waals surface area (Å²) in [6.07, 6.45) is 86.9. The fraction of sp³-hybridized carbons (Fsp3) is 0.671. The summed E-state index contributed by atoms with van der Waals surface area (Å²) in [7, 11) is -9.99. The van der Waals surface area contributed by atoms with Crippen molar-refractivity contribution >= 4 is 39.5 Å². The molecule has 19 heteroatoms. The Morgan fingerprint density at radius 1 is 0.279 bits per heavy atom. The molecule has 0 rings (SSSR count). The van der Waals surface area contributed by atoms with Crippen LogP contribution in [-0.4, -0.2) is 96.7 Å². The zero-order valence-corrected chi connectivity index (χ0v) is 66.7. The van der Waals surface area contributed by atoms with Gasteiger partial charge in [0.25, 0.3) is 0 Å². The van der Waals surface area contributed by atoms with Crippen molar-refractivity contribution in [3.63, 3.8) is 0 Å². The Morgan fingerprint density at radius 2 is 0.510 bits per heavy atom. The fourth-order valence-electron chi connectivity index (χ4n) is 10.3. The first kappa shape index (κ1) is 98.9. The number of carbonyl (C=O) groups is 4. The van der Waals surface area contributed by atoms with E-state index in [-0.39, 0.29) is 25.7 Å². The van der Waals surface area contributed by atoms with Crippen LogP contribution in [0.25, 0.3) is 0 Å². The highest BCUT2D eigenvalue weighted by Gasteiger charge is 2.30. The first-order chi connectivity index (χ1) is 50.7. The van der Waals surface area contributed by atoms with Crippen LogP contribution < -0.4 is 0 Å². The molecule has 0 fully saturated rings. The molecule has 0 aliphatic carbocycles. The lowest BCUT2D eigenvalue weighted by Crippen LogP contribution is -2.30. The maximum atomic E-state index is 13.1. The van der Waals surface area contributed by atoms with Crippen LogP contribution in [0, 0.1) is 0 Å². The van der Waals surface area contributed by atoms with Crippen LogP contribution in [0.2, 0.25) is 0 Å². The van der Waals surface area contributed by atoms with Crippen molar-refractivity contribution in [2.75, 3.05) is 39.6 Å². The summed E-state index contributed by atoms with van der Waals surface area (Å²) in [5, 5.41) is 10.6. The molecule has 0 aromatic carbocycles. The topological polar surface area (TPSA) is 237 Å². The predicted molar refractivity (Wildman–Crippen MR) is 427 cm³/mol. The van der Waals surface area contributed by atoms with Crippen molar-refractivity contribution in [2.24, 2.45) is 0 Å². The molecule has 0 spiro atoms. The summed E-state index contributed by atoms with van der Waals surface area (Å²) < 4.78 is 68.6. The van der Waals surface area contributed by atoms with Gasteiger partial charge in [-0.2, -0.15) is 0 Å². The Hall–Kier alpha value is -5.06. The molecule has 594 valence electrons. The van der Waals surface area contributed by atoms with E-state index in [0.717, 1.165) is 186 Å². The summed E-state index contributed by atoms with van der Waals surface area (Å²) in [4.78, 5) is 73.0. The van der Waals surface area contributed by atoms with E-state index in [9.17, 15) is 43.2 Å². The number of carbonyl (C=O) groups excluding carboxylic acids is 4. The number of allylic oxidation sites excluding steroid dienone is 24. The minimum atomic E-state index is -5.00. The zero-order valence-electron chi connectivity index (χ0n) is 64.9. The van der Waals surface area contributed by atoms with Crippen molar-refractivity contribution in [2.45, 2.75) is 329 Å². The SMILES string of the molecule is CC/C=C\C/C=C\C/C=C\C/C=C\C/C=C\CCCC(=O)OCC(COP(=O)(O)OCC(O)COP(=O)(O)OCC(COC(=O)CCCCCCCCC/C=C\C/C=C\C/C=C\CC)OC(=O)CCCCCCC/C=C\C/C=C\C/C=C\CC)OC(=O)CCCCCCC/C=C\CCCCCCCC. The van der Waals surface area contributed by atoms with Gasteiger partial charge in [-0.3, -0.25) is 37.3 Å². The van der Waals surface area contributed by atoms with Crippen molar-refractivity contribution in [3.05, 3.63) is 146 Å². The van der Waals surface area contributed by atoms with Crippen LogP contribution in [-0.2, 0) is 65.4 Å². The van der Waals surface area contributed by atoms with E-state index in [4.69, 9.17) is 37.0 Å². The molecule has 0 bridgehead atoms. The first-order valence-electron chi connectivity index (χ1n) is 40.1. The minimum absolute atomic E-state index is 0.0681. The molecule has 0 saturated carbocycles. The standard InChI is InChI=1S/C85H142O17P2/c1-5-9-13-17-21-25-29-33-37-39-43-45-49-53-57-61-65-69-82(87)95-75-80(101-84(89)71-67-63-59-55-51-47-41-35-31-27-23-19-15-11-7-3)77-99-103(91,92)97-73-79(86)74-98-104(93,94)100-78-81(102-85(90)72-68-64-60-56-52-48-42-36-32-28-24-20-16-12-8-4)76-96-83(88)70-66-62-58-54-50-46-44-40-38-34-30-26-22-18-14-10-6-2/h9-11,13-15,21-23,25-27,33-38,41-42,44,46,54,58,79-81,86H,5-8,12,16-20,24,28-32,39-40,43,45,47-53,55-57,59-78H2,1-4H3,(H,91,92)(H,93,94)/b13-9-,14-10-,15-11-,25-21-,26-22-,27-23-,37-33-,38-34-,41-35-,42-36-,46-44-,58-54-. The summed E-state index contributed by atoms with van der Waals surface area (Å²) in [6, 6.07) is 0. The largest absolute Gasteiger partial charge is 0.472 e. The van der Waals surface area contributed by atoms with Crippen LogP contribution >= 0.6 is 15.6 Å². The molecular formula is C85H142O17P2. The van der Waals surface area contributed by atoms with Gasteiger partial charge in [0, 0.05) is 25.7 Å². The van der Waals surface area contributed by atoms with Gasteiger partial charge in [0.15, 0.2) is 12.2 Å². The zero-order chi connectivity index (χ0) is 76.0. The van der Waals surface area contributed by atoms with Crippen molar-refractivity contribution in [1.82, 2.24) is 0 Å². The lowest BCUT2D eigenvalue weighted by molar-refractivity contribution is -0.161. The van der Waals surface area contributed by atoms with Gasteiger partial charge >= 0.3 is 39.5 Å². The number of phosphoric ester groups is 2. The van der Waals surface area contributed by atoms with E-state index in [1.54, 1.807) is 0 Å². The van der Waals surface area contributed by atoms with Crippen LogP contribution in [0.3, 0.4) is 0 Å². The predicted octanol–water partition coefficient (Wildman–Crippen LogP) is 23.4. The Labute approximate surface area is 630 Å². The molecule has 0 aromatic heterocycles. The second kappa shape index (κ2) is 76.1. The van der Waals surface area contributed by atoms with E-state index >= 15 is 0 Å².